The number of carbonyl (C=O) groups is 2. The minimum Gasteiger partial charge on any atom is -0.480 e. The first-order valence-corrected chi connectivity index (χ1v) is 10.2. The minimum atomic E-state index is -3.69. The summed E-state index contributed by atoms with van der Waals surface area (Å²) in [6.45, 7) is 2.02. The second kappa shape index (κ2) is 8.61. The number of sulfonamides is 1. The topological polar surface area (TPSA) is 104 Å². The zero-order valence-corrected chi connectivity index (χ0v) is 15.7. The van der Waals surface area contributed by atoms with Gasteiger partial charge in [0.1, 0.15) is 6.54 Å². The number of rotatable bonds is 7. The van der Waals surface area contributed by atoms with Gasteiger partial charge in [0, 0.05) is 19.6 Å². The summed E-state index contributed by atoms with van der Waals surface area (Å²) in [6.07, 6.45) is 0.392. The highest BCUT2D eigenvalue weighted by Gasteiger charge is 2.31. The van der Waals surface area contributed by atoms with Gasteiger partial charge in [-0.3, -0.25) is 9.59 Å². The molecule has 8 nitrogen and oxygen atoms in total. The van der Waals surface area contributed by atoms with Gasteiger partial charge >= 0.3 is 5.97 Å². The van der Waals surface area contributed by atoms with Crippen molar-refractivity contribution in [2.45, 2.75) is 18.9 Å². The standard InChI is InChI=1S/C17H24N2O6S/c1-13(14-6-4-3-5-7-14)17(22)18-8-9-25-15(10-18)11-19(12-16(20)21)26(2,23)24/h3-7,13,15H,8-12H2,1-2H3,(H,20,21). The molecule has 0 spiro atoms. The maximum Gasteiger partial charge on any atom is 0.318 e. The van der Waals surface area contributed by atoms with E-state index >= 15 is 0 Å². The van der Waals surface area contributed by atoms with Crippen LogP contribution in [0.4, 0.5) is 0 Å². The monoisotopic (exact) mass is 384 g/mol. The lowest BCUT2D eigenvalue weighted by atomic mass is 9.99. The van der Waals surface area contributed by atoms with Gasteiger partial charge in [-0.25, -0.2) is 8.42 Å². The molecule has 0 radical (unpaired) electrons. The van der Waals surface area contributed by atoms with Crippen molar-refractivity contribution in [1.82, 2.24) is 9.21 Å². The summed E-state index contributed by atoms with van der Waals surface area (Å²) in [5.74, 6) is -1.62. The highest BCUT2D eigenvalue weighted by atomic mass is 32.2. The van der Waals surface area contributed by atoms with Gasteiger partial charge < -0.3 is 14.7 Å². The lowest BCUT2D eigenvalue weighted by Crippen LogP contribution is -2.51. The molecular formula is C17H24N2O6S. The molecule has 1 aliphatic heterocycles. The second-order valence-corrected chi connectivity index (χ2v) is 8.34. The number of carboxylic acids is 1. The summed E-state index contributed by atoms with van der Waals surface area (Å²) in [7, 11) is -3.69. The van der Waals surface area contributed by atoms with Crippen LogP contribution in [0.2, 0.25) is 0 Å². The van der Waals surface area contributed by atoms with E-state index in [-0.39, 0.29) is 31.5 Å². The van der Waals surface area contributed by atoms with E-state index in [1.807, 2.05) is 37.3 Å². The SMILES string of the molecule is CC(C(=O)N1CCOC(CN(CC(=O)O)S(C)(=O)=O)C1)c1ccccc1. The average molecular weight is 384 g/mol. The number of hydrogen-bond acceptors (Lipinski definition) is 5. The van der Waals surface area contributed by atoms with E-state index in [2.05, 4.69) is 0 Å². The largest absolute Gasteiger partial charge is 0.480 e. The summed E-state index contributed by atoms with van der Waals surface area (Å²) < 4.78 is 30.0. The van der Waals surface area contributed by atoms with E-state index in [1.165, 1.54) is 0 Å². The molecule has 2 atom stereocenters. The summed E-state index contributed by atoms with van der Waals surface area (Å²) >= 11 is 0. The van der Waals surface area contributed by atoms with Crippen LogP contribution in [0.1, 0.15) is 18.4 Å². The summed E-state index contributed by atoms with van der Waals surface area (Å²) in [6, 6.07) is 9.40. The zero-order valence-electron chi connectivity index (χ0n) is 14.9. The van der Waals surface area contributed by atoms with Crippen LogP contribution in [0.5, 0.6) is 0 Å². The van der Waals surface area contributed by atoms with Gasteiger partial charge in [0.25, 0.3) is 0 Å². The molecule has 1 amide bonds. The normalized spacial score (nSPS) is 19.3. The molecule has 1 saturated heterocycles. The number of amides is 1. The van der Waals surface area contributed by atoms with Gasteiger partial charge in [0.2, 0.25) is 15.9 Å². The van der Waals surface area contributed by atoms with Crippen LogP contribution in [-0.4, -0.2) is 79.8 Å². The number of benzene rings is 1. The van der Waals surface area contributed by atoms with Crippen LogP contribution in [-0.2, 0) is 24.3 Å². The van der Waals surface area contributed by atoms with Gasteiger partial charge in [0.15, 0.2) is 0 Å². The van der Waals surface area contributed by atoms with Crippen LogP contribution in [0.25, 0.3) is 0 Å². The maximum absolute atomic E-state index is 12.7. The highest BCUT2D eigenvalue weighted by Crippen LogP contribution is 2.20. The van der Waals surface area contributed by atoms with Crippen molar-refractivity contribution >= 4 is 21.9 Å². The number of carboxylic acid groups (broad SMARTS) is 1. The molecule has 0 aliphatic carbocycles. The predicted molar refractivity (Wildman–Crippen MR) is 95.2 cm³/mol. The molecular weight excluding hydrogens is 360 g/mol. The molecule has 1 aromatic carbocycles. The lowest BCUT2D eigenvalue weighted by Gasteiger charge is -2.36. The molecule has 1 N–H and O–H groups in total. The summed E-state index contributed by atoms with van der Waals surface area (Å²) in [4.78, 5) is 25.3. The van der Waals surface area contributed by atoms with E-state index in [4.69, 9.17) is 9.84 Å². The Hall–Kier alpha value is -1.97. The highest BCUT2D eigenvalue weighted by molar-refractivity contribution is 7.88. The lowest BCUT2D eigenvalue weighted by molar-refractivity contribution is -0.142. The number of hydrogen-bond donors (Lipinski definition) is 1. The Morgan fingerprint density at radius 1 is 1.35 bits per heavy atom. The van der Waals surface area contributed by atoms with Crippen molar-refractivity contribution in [2.75, 3.05) is 39.0 Å². The fourth-order valence-corrected chi connectivity index (χ4v) is 3.67. The molecule has 0 bridgehead atoms. The average Bonchev–Trinajstić information content (AvgIpc) is 2.60. The van der Waals surface area contributed by atoms with Crippen molar-refractivity contribution in [3.8, 4) is 0 Å². The van der Waals surface area contributed by atoms with Gasteiger partial charge in [-0.15, -0.1) is 0 Å². The Labute approximate surface area is 153 Å². The van der Waals surface area contributed by atoms with Crippen LogP contribution in [0.15, 0.2) is 30.3 Å². The first kappa shape index (κ1) is 20.3. The molecule has 9 heteroatoms. The Morgan fingerprint density at radius 2 is 2.00 bits per heavy atom. The number of carbonyl (C=O) groups excluding carboxylic acids is 1. The molecule has 2 unspecified atom stereocenters. The van der Waals surface area contributed by atoms with Crippen molar-refractivity contribution in [3.63, 3.8) is 0 Å². The fraction of sp³-hybridized carbons (Fsp3) is 0.529. The van der Waals surface area contributed by atoms with Crippen molar-refractivity contribution < 1.29 is 27.9 Å². The Balaban J connectivity index is 2.03. The van der Waals surface area contributed by atoms with E-state index in [0.29, 0.717) is 6.54 Å². The molecule has 1 fully saturated rings. The van der Waals surface area contributed by atoms with Gasteiger partial charge in [-0.1, -0.05) is 30.3 Å². The molecule has 0 saturated carbocycles. The van der Waals surface area contributed by atoms with E-state index in [1.54, 1.807) is 4.90 Å². The number of nitrogens with zero attached hydrogens (tertiary/aromatic N) is 2. The molecule has 1 aromatic rings. The smallest absolute Gasteiger partial charge is 0.318 e. The number of aliphatic carboxylic acids is 1. The molecule has 2 rings (SSSR count). The van der Waals surface area contributed by atoms with Crippen LogP contribution in [0.3, 0.4) is 0 Å². The van der Waals surface area contributed by atoms with Gasteiger partial charge in [-0.2, -0.15) is 4.31 Å². The third-order valence-corrected chi connectivity index (χ3v) is 5.52. The van der Waals surface area contributed by atoms with E-state index in [0.717, 1.165) is 16.1 Å². The third-order valence-electron chi connectivity index (χ3n) is 4.31. The van der Waals surface area contributed by atoms with Crippen LogP contribution in [0, 0.1) is 0 Å². The number of morpholine rings is 1. The quantitative estimate of drug-likeness (QED) is 0.728. The first-order chi connectivity index (χ1) is 12.2. The first-order valence-electron chi connectivity index (χ1n) is 8.30. The molecule has 1 aliphatic rings. The van der Waals surface area contributed by atoms with Crippen molar-refractivity contribution in [1.29, 1.82) is 0 Å². The summed E-state index contributed by atoms with van der Waals surface area (Å²) in [5, 5.41) is 8.90. The Morgan fingerprint density at radius 3 is 2.58 bits per heavy atom. The molecule has 26 heavy (non-hydrogen) atoms. The molecule has 0 aromatic heterocycles. The Kier molecular flexibility index (Phi) is 6.74. The minimum absolute atomic E-state index is 0.0614. The zero-order chi connectivity index (χ0) is 19.3. The summed E-state index contributed by atoms with van der Waals surface area (Å²) in [5.41, 5.74) is 0.907. The predicted octanol–water partition coefficient (Wildman–Crippen LogP) is 0.364. The van der Waals surface area contributed by atoms with Gasteiger partial charge in [-0.05, 0) is 12.5 Å². The van der Waals surface area contributed by atoms with E-state index in [9.17, 15) is 18.0 Å². The molecule has 144 valence electrons. The van der Waals surface area contributed by atoms with Crippen LogP contribution >= 0.6 is 0 Å². The van der Waals surface area contributed by atoms with Gasteiger partial charge in [0.05, 0.1) is 24.9 Å². The third kappa shape index (κ3) is 5.52. The molecule has 1 heterocycles. The van der Waals surface area contributed by atoms with Crippen LogP contribution < -0.4 is 0 Å². The van der Waals surface area contributed by atoms with Crippen molar-refractivity contribution in [2.24, 2.45) is 0 Å². The fourth-order valence-electron chi connectivity index (χ4n) is 2.88. The van der Waals surface area contributed by atoms with Crippen molar-refractivity contribution in [3.05, 3.63) is 35.9 Å². The maximum atomic E-state index is 12.7. The van der Waals surface area contributed by atoms with E-state index < -0.39 is 28.6 Å². The second-order valence-electron chi connectivity index (χ2n) is 6.36. The number of ether oxygens (including phenoxy) is 1. The Bertz CT molecular complexity index is 737.